The molecule has 0 spiro atoms. The minimum atomic E-state index is -0.489. The molecule has 2 rings (SSSR count). The van der Waals surface area contributed by atoms with Gasteiger partial charge in [0, 0.05) is 22.3 Å². The van der Waals surface area contributed by atoms with Gasteiger partial charge in [0.2, 0.25) is 0 Å². The summed E-state index contributed by atoms with van der Waals surface area (Å²) < 4.78 is 4.83. The maximum Gasteiger partial charge on any atom is 0.310 e. The van der Waals surface area contributed by atoms with Crippen LogP contribution in [0, 0.1) is 0 Å². The molecular weight excluding hydrogens is 244 g/mol. The van der Waals surface area contributed by atoms with Crippen LogP contribution in [0.2, 0.25) is 0 Å². The van der Waals surface area contributed by atoms with Gasteiger partial charge in [-0.2, -0.15) is 0 Å². The number of allylic oxidation sites excluding steroid dienone is 1. The topological polar surface area (TPSA) is 60.4 Å². The molecule has 1 aromatic carbocycles. The van der Waals surface area contributed by atoms with Gasteiger partial charge in [-0.25, -0.2) is 0 Å². The predicted octanol–water partition coefficient (Wildman–Crippen LogP) is 2.34. The summed E-state index contributed by atoms with van der Waals surface area (Å²) in [6.07, 6.45) is -0.154. The Morgan fingerprint density at radius 1 is 1.11 bits per heavy atom. The van der Waals surface area contributed by atoms with Gasteiger partial charge in [-0.05, 0) is 13.8 Å². The Morgan fingerprint density at radius 2 is 1.68 bits per heavy atom. The number of carbonyl (C=O) groups is 3. The van der Waals surface area contributed by atoms with Gasteiger partial charge >= 0.3 is 5.97 Å². The summed E-state index contributed by atoms with van der Waals surface area (Å²) in [5, 5.41) is 0. The van der Waals surface area contributed by atoms with E-state index in [1.807, 2.05) is 0 Å². The van der Waals surface area contributed by atoms with Crippen molar-refractivity contribution in [1.82, 2.24) is 0 Å². The van der Waals surface area contributed by atoms with Crippen molar-refractivity contribution in [2.45, 2.75) is 20.3 Å². The SMILES string of the molecule is CCOC(=O)CC1=C(C)C(=O)c2ccccc2C1=O. The Labute approximate surface area is 111 Å². The van der Waals surface area contributed by atoms with E-state index >= 15 is 0 Å². The Morgan fingerprint density at radius 3 is 2.26 bits per heavy atom. The lowest BCUT2D eigenvalue weighted by atomic mass is 9.83. The van der Waals surface area contributed by atoms with Crippen molar-refractivity contribution >= 4 is 17.5 Å². The van der Waals surface area contributed by atoms with Crippen LogP contribution in [0.5, 0.6) is 0 Å². The van der Waals surface area contributed by atoms with Gasteiger partial charge < -0.3 is 4.74 Å². The molecule has 0 atom stereocenters. The fourth-order valence-electron chi connectivity index (χ4n) is 2.12. The Kier molecular flexibility index (Phi) is 3.60. The number of carbonyl (C=O) groups excluding carboxylic acids is 3. The van der Waals surface area contributed by atoms with Crippen LogP contribution in [0.25, 0.3) is 0 Å². The largest absolute Gasteiger partial charge is 0.466 e. The molecule has 0 saturated heterocycles. The van der Waals surface area contributed by atoms with Gasteiger partial charge in [-0.1, -0.05) is 24.3 Å². The average molecular weight is 258 g/mol. The molecule has 0 aliphatic heterocycles. The number of rotatable bonds is 3. The molecule has 1 aromatic rings. The highest BCUT2D eigenvalue weighted by Crippen LogP contribution is 2.27. The van der Waals surface area contributed by atoms with Crippen molar-refractivity contribution in [2.75, 3.05) is 6.61 Å². The van der Waals surface area contributed by atoms with Gasteiger partial charge in [-0.3, -0.25) is 14.4 Å². The second-order valence-electron chi connectivity index (χ2n) is 4.29. The molecule has 19 heavy (non-hydrogen) atoms. The first-order valence-electron chi connectivity index (χ1n) is 6.10. The van der Waals surface area contributed by atoms with Crippen LogP contribution in [0.3, 0.4) is 0 Å². The van der Waals surface area contributed by atoms with E-state index in [0.29, 0.717) is 16.7 Å². The van der Waals surface area contributed by atoms with E-state index in [4.69, 9.17) is 4.74 Å². The maximum atomic E-state index is 12.3. The molecule has 0 amide bonds. The molecule has 0 aromatic heterocycles. The van der Waals surface area contributed by atoms with Crippen LogP contribution >= 0.6 is 0 Å². The lowest BCUT2D eigenvalue weighted by Gasteiger charge is -2.18. The monoisotopic (exact) mass is 258 g/mol. The third kappa shape index (κ3) is 2.34. The zero-order chi connectivity index (χ0) is 14.0. The van der Waals surface area contributed by atoms with Crippen molar-refractivity contribution in [1.29, 1.82) is 0 Å². The predicted molar refractivity (Wildman–Crippen MR) is 69.1 cm³/mol. The fourth-order valence-corrected chi connectivity index (χ4v) is 2.12. The van der Waals surface area contributed by atoms with E-state index in [0.717, 1.165) is 0 Å². The smallest absolute Gasteiger partial charge is 0.310 e. The van der Waals surface area contributed by atoms with Crippen LogP contribution in [0.15, 0.2) is 35.4 Å². The Balaban J connectivity index is 2.40. The van der Waals surface area contributed by atoms with E-state index < -0.39 is 5.97 Å². The minimum absolute atomic E-state index is 0.154. The number of Topliss-reactive ketones (excluding diaryl/α,β-unsaturated/α-hetero) is 2. The highest BCUT2D eigenvalue weighted by atomic mass is 16.5. The summed E-state index contributed by atoms with van der Waals surface area (Å²) in [6.45, 7) is 3.52. The van der Waals surface area contributed by atoms with Gasteiger partial charge in [0.1, 0.15) is 0 Å². The normalized spacial score (nSPS) is 14.4. The summed E-state index contributed by atoms with van der Waals surface area (Å²) in [7, 11) is 0. The lowest BCUT2D eigenvalue weighted by molar-refractivity contribution is -0.142. The first-order chi connectivity index (χ1) is 9.06. The highest BCUT2D eigenvalue weighted by Gasteiger charge is 2.30. The zero-order valence-corrected chi connectivity index (χ0v) is 10.9. The van der Waals surface area contributed by atoms with Gasteiger partial charge in [-0.15, -0.1) is 0 Å². The van der Waals surface area contributed by atoms with E-state index in [1.54, 1.807) is 38.1 Å². The number of hydrogen-bond acceptors (Lipinski definition) is 4. The molecule has 98 valence electrons. The van der Waals surface area contributed by atoms with Crippen LogP contribution < -0.4 is 0 Å². The molecule has 1 aliphatic carbocycles. The number of ether oxygens (including phenoxy) is 1. The molecule has 0 fully saturated rings. The summed E-state index contributed by atoms with van der Waals surface area (Å²) in [4.78, 5) is 35.9. The van der Waals surface area contributed by atoms with Crippen LogP contribution in [-0.2, 0) is 9.53 Å². The second-order valence-corrected chi connectivity index (χ2v) is 4.29. The number of esters is 1. The first kappa shape index (κ1) is 13.2. The van der Waals surface area contributed by atoms with E-state index in [-0.39, 0.29) is 30.2 Å². The zero-order valence-electron chi connectivity index (χ0n) is 10.9. The second kappa shape index (κ2) is 5.18. The lowest BCUT2D eigenvalue weighted by Crippen LogP contribution is -2.23. The van der Waals surface area contributed by atoms with E-state index in [9.17, 15) is 14.4 Å². The van der Waals surface area contributed by atoms with Gasteiger partial charge in [0.15, 0.2) is 11.6 Å². The first-order valence-corrected chi connectivity index (χ1v) is 6.10. The molecule has 4 nitrogen and oxygen atoms in total. The summed E-state index contributed by atoms with van der Waals surface area (Å²) >= 11 is 0. The van der Waals surface area contributed by atoms with E-state index in [1.165, 1.54) is 0 Å². The molecule has 0 bridgehead atoms. The van der Waals surface area contributed by atoms with Crippen LogP contribution in [0.4, 0.5) is 0 Å². The van der Waals surface area contributed by atoms with Crippen LogP contribution in [0.1, 0.15) is 41.0 Å². The van der Waals surface area contributed by atoms with Crippen molar-refractivity contribution < 1.29 is 19.1 Å². The van der Waals surface area contributed by atoms with Crippen molar-refractivity contribution in [3.63, 3.8) is 0 Å². The number of fused-ring (bicyclic) bond motifs is 1. The molecule has 0 saturated carbocycles. The Bertz CT molecular complexity index is 596. The Hall–Kier alpha value is -2.23. The van der Waals surface area contributed by atoms with E-state index in [2.05, 4.69) is 0 Å². The quantitative estimate of drug-likeness (QED) is 0.781. The number of hydrogen-bond donors (Lipinski definition) is 0. The molecular formula is C15H14O4. The van der Waals surface area contributed by atoms with Crippen molar-refractivity contribution in [2.24, 2.45) is 0 Å². The molecule has 4 heteroatoms. The number of benzene rings is 1. The third-order valence-electron chi connectivity index (χ3n) is 3.11. The summed E-state index contributed by atoms with van der Waals surface area (Å²) in [6, 6.07) is 6.65. The average Bonchev–Trinajstić information content (AvgIpc) is 2.41. The fraction of sp³-hybridized carbons (Fsp3) is 0.267. The molecule has 0 heterocycles. The van der Waals surface area contributed by atoms with Crippen LogP contribution in [-0.4, -0.2) is 24.1 Å². The maximum absolute atomic E-state index is 12.3. The van der Waals surface area contributed by atoms with Gasteiger partial charge in [0.05, 0.1) is 13.0 Å². The minimum Gasteiger partial charge on any atom is -0.466 e. The summed E-state index contributed by atoms with van der Waals surface area (Å²) in [5.41, 5.74) is 1.33. The molecule has 0 N–H and O–H groups in total. The molecule has 0 unspecified atom stereocenters. The standard InChI is InChI=1S/C15H14O4/c1-3-19-13(16)8-12-9(2)14(17)10-6-4-5-7-11(10)15(12)18/h4-7H,3,8H2,1-2H3. The molecule has 0 radical (unpaired) electrons. The highest BCUT2D eigenvalue weighted by molar-refractivity contribution is 6.27. The van der Waals surface area contributed by atoms with Gasteiger partial charge in [0.25, 0.3) is 0 Å². The summed E-state index contributed by atoms with van der Waals surface area (Å²) in [5.74, 6) is -0.951. The number of ketones is 2. The third-order valence-corrected chi connectivity index (χ3v) is 3.11. The molecule has 1 aliphatic rings. The van der Waals surface area contributed by atoms with Crippen molar-refractivity contribution in [3.05, 3.63) is 46.5 Å². The van der Waals surface area contributed by atoms with Crippen molar-refractivity contribution in [3.8, 4) is 0 Å².